The lowest BCUT2D eigenvalue weighted by Gasteiger charge is -2.30. The molecule has 2 aromatic rings. The van der Waals surface area contributed by atoms with E-state index < -0.39 is 22.0 Å². The van der Waals surface area contributed by atoms with Crippen LogP contribution in [0.4, 0.5) is 11.4 Å². The molecule has 0 saturated heterocycles. The molecule has 1 fully saturated rings. The molecule has 0 spiro atoms. The molecule has 0 heterocycles. The van der Waals surface area contributed by atoms with Gasteiger partial charge in [0.25, 0.3) is 5.91 Å². The number of nitrogens with zero attached hydrogens (tertiary/aromatic N) is 1. The van der Waals surface area contributed by atoms with Crippen molar-refractivity contribution in [1.82, 2.24) is 5.32 Å². The Labute approximate surface area is 200 Å². The molecule has 9 heteroatoms. The van der Waals surface area contributed by atoms with Gasteiger partial charge < -0.3 is 10.6 Å². The van der Waals surface area contributed by atoms with Crippen molar-refractivity contribution in [2.45, 2.75) is 57.5 Å². The summed E-state index contributed by atoms with van der Waals surface area (Å²) in [5, 5.41) is 6.20. The van der Waals surface area contributed by atoms with Crippen molar-refractivity contribution in [3.05, 3.63) is 59.1 Å². The van der Waals surface area contributed by atoms with Crippen LogP contribution >= 0.6 is 11.6 Å². The number of sulfonamides is 1. The van der Waals surface area contributed by atoms with Crippen LogP contribution in [0.1, 0.15) is 55.8 Å². The van der Waals surface area contributed by atoms with Crippen molar-refractivity contribution in [3.8, 4) is 0 Å². The Morgan fingerprint density at radius 3 is 2.42 bits per heavy atom. The van der Waals surface area contributed by atoms with Gasteiger partial charge in [-0.25, -0.2) is 8.42 Å². The number of benzene rings is 2. The Bertz CT molecular complexity index is 1100. The monoisotopic (exact) mass is 491 g/mol. The van der Waals surface area contributed by atoms with Gasteiger partial charge in [0.2, 0.25) is 15.9 Å². The number of para-hydroxylation sites is 1. The number of amides is 2. The number of hydrogen-bond donors (Lipinski definition) is 2. The highest BCUT2D eigenvalue weighted by atomic mass is 35.5. The zero-order valence-corrected chi connectivity index (χ0v) is 20.5. The zero-order valence-electron chi connectivity index (χ0n) is 18.9. The highest BCUT2D eigenvalue weighted by Gasteiger charge is 2.32. The molecule has 1 atom stereocenters. The maximum Gasteiger partial charge on any atom is 0.253 e. The third-order valence-corrected chi connectivity index (χ3v) is 7.18. The van der Waals surface area contributed by atoms with Gasteiger partial charge in [-0.1, -0.05) is 56.0 Å². The van der Waals surface area contributed by atoms with Gasteiger partial charge in [-0.3, -0.25) is 13.9 Å². The first kappa shape index (κ1) is 25.1. The Kier molecular flexibility index (Phi) is 8.37. The molecule has 0 aliphatic heterocycles. The van der Waals surface area contributed by atoms with Gasteiger partial charge in [0.05, 0.1) is 23.2 Å². The third-order valence-electron chi connectivity index (χ3n) is 5.76. The number of hydrogen-bond acceptors (Lipinski definition) is 4. The number of carbonyl (C=O) groups is 2. The SMILES string of the molecule is CCC(C(=O)Nc1ccccc1C(=O)NC1CCCCC1)N(c1cccc(Cl)c1)S(C)(=O)=O. The van der Waals surface area contributed by atoms with Crippen LogP contribution in [0.2, 0.25) is 5.02 Å². The second-order valence-electron chi connectivity index (χ2n) is 8.31. The van der Waals surface area contributed by atoms with Crippen molar-refractivity contribution in [3.63, 3.8) is 0 Å². The summed E-state index contributed by atoms with van der Waals surface area (Å²) in [7, 11) is -3.79. The van der Waals surface area contributed by atoms with E-state index in [0.29, 0.717) is 22.0 Å². The molecule has 1 aliphatic carbocycles. The molecule has 0 radical (unpaired) electrons. The molecule has 1 saturated carbocycles. The molecule has 2 N–H and O–H groups in total. The van der Waals surface area contributed by atoms with E-state index in [0.717, 1.165) is 36.2 Å². The van der Waals surface area contributed by atoms with Crippen molar-refractivity contribution in [1.29, 1.82) is 0 Å². The number of carbonyl (C=O) groups excluding carboxylic acids is 2. The van der Waals surface area contributed by atoms with Crippen LogP contribution in [-0.4, -0.2) is 38.6 Å². The first-order chi connectivity index (χ1) is 15.7. The molecule has 178 valence electrons. The van der Waals surface area contributed by atoms with E-state index in [1.54, 1.807) is 49.4 Å². The molecular formula is C24H30ClN3O4S. The van der Waals surface area contributed by atoms with Gasteiger partial charge >= 0.3 is 0 Å². The highest BCUT2D eigenvalue weighted by molar-refractivity contribution is 7.92. The predicted octanol–water partition coefficient (Wildman–Crippen LogP) is 4.59. The van der Waals surface area contributed by atoms with Crippen LogP contribution in [0.15, 0.2) is 48.5 Å². The molecule has 0 bridgehead atoms. The van der Waals surface area contributed by atoms with Crippen molar-refractivity contribution in [2.75, 3.05) is 15.9 Å². The topological polar surface area (TPSA) is 95.6 Å². The largest absolute Gasteiger partial charge is 0.349 e. The normalized spacial score (nSPS) is 15.5. The van der Waals surface area contributed by atoms with Gasteiger partial charge in [-0.15, -0.1) is 0 Å². The summed E-state index contributed by atoms with van der Waals surface area (Å²) in [5.41, 5.74) is 0.990. The molecule has 2 amide bonds. The van der Waals surface area contributed by atoms with E-state index in [1.807, 2.05) is 0 Å². The smallest absolute Gasteiger partial charge is 0.253 e. The van der Waals surface area contributed by atoms with Gasteiger partial charge in [0.1, 0.15) is 6.04 Å². The molecular weight excluding hydrogens is 462 g/mol. The molecule has 33 heavy (non-hydrogen) atoms. The average Bonchev–Trinajstić information content (AvgIpc) is 2.77. The Morgan fingerprint density at radius 1 is 1.09 bits per heavy atom. The van der Waals surface area contributed by atoms with Crippen molar-refractivity contribution in [2.24, 2.45) is 0 Å². The lowest BCUT2D eigenvalue weighted by Crippen LogP contribution is -2.47. The summed E-state index contributed by atoms with van der Waals surface area (Å²) in [6.07, 6.45) is 6.53. The minimum Gasteiger partial charge on any atom is -0.349 e. The van der Waals surface area contributed by atoms with Crippen LogP contribution in [0.5, 0.6) is 0 Å². The fraction of sp³-hybridized carbons (Fsp3) is 0.417. The van der Waals surface area contributed by atoms with Gasteiger partial charge in [-0.05, 0) is 49.6 Å². The van der Waals surface area contributed by atoms with Crippen LogP contribution in [-0.2, 0) is 14.8 Å². The second kappa shape index (κ2) is 11.0. The van der Waals surface area contributed by atoms with E-state index in [4.69, 9.17) is 11.6 Å². The van der Waals surface area contributed by atoms with Crippen LogP contribution in [0, 0.1) is 0 Å². The van der Waals surface area contributed by atoms with E-state index in [9.17, 15) is 18.0 Å². The minimum atomic E-state index is -3.79. The van der Waals surface area contributed by atoms with Gasteiger partial charge in [-0.2, -0.15) is 0 Å². The quantitative estimate of drug-likeness (QED) is 0.564. The number of nitrogens with one attached hydrogen (secondary N) is 2. The first-order valence-electron chi connectivity index (χ1n) is 11.2. The summed E-state index contributed by atoms with van der Waals surface area (Å²) >= 11 is 6.07. The fourth-order valence-electron chi connectivity index (χ4n) is 4.19. The van der Waals surface area contributed by atoms with Gasteiger partial charge in [0.15, 0.2) is 0 Å². The van der Waals surface area contributed by atoms with Crippen LogP contribution in [0.3, 0.4) is 0 Å². The summed E-state index contributed by atoms with van der Waals surface area (Å²) < 4.78 is 26.3. The van der Waals surface area contributed by atoms with Crippen LogP contribution < -0.4 is 14.9 Å². The second-order valence-corrected chi connectivity index (χ2v) is 10.6. The summed E-state index contributed by atoms with van der Waals surface area (Å²) in [4.78, 5) is 26.2. The standard InChI is InChI=1S/C24H30ClN3O4S/c1-3-22(28(33(2,31)32)19-13-9-10-17(25)16-19)24(30)27-21-15-8-7-14-20(21)23(29)26-18-11-5-4-6-12-18/h7-10,13-16,18,22H,3-6,11-12H2,1-2H3,(H,26,29)(H,27,30). The predicted molar refractivity (Wildman–Crippen MR) is 132 cm³/mol. The first-order valence-corrected chi connectivity index (χ1v) is 13.4. The van der Waals surface area contributed by atoms with Crippen molar-refractivity contribution < 1.29 is 18.0 Å². The Morgan fingerprint density at radius 2 is 1.79 bits per heavy atom. The van der Waals surface area contributed by atoms with Crippen LogP contribution in [0.25, 0.3) is 0 Å². The summed E-state index contributed by atoms with van der Waals surface area (Å²) in [6, 6.07) is 12.2. The molecule has 1 unspecified atom stereocenters. The number of anilines is 2. The molecule has 1 aliphatic rings. The molecule has 2 aromatic carbocycles. The Balaban J connectivity index is 1.85. The Hall–Kier alpha value is -2.58. The molecule has 3 rings (SSSR count). The summed E-state index contributed by atoms with van der Waals surface area (Å²) in [6.45, 7) is 1.73. The van der Waals surface area contributed by atoms with Crippen molar-refractivity contribution >= 4 is 44.8 Å². The number of halogens is 1. The minimum absolute atomic E-state index is 0.127. The maximum absolute atomic E-state index is 13.3. The summed E-state index contributed by atoms with van der Waals surface area (Å²) in [5.74, 6) is -0.776. The van der Waals surface area contributed by atoms with E-state index in [-0.39, 0.29) is 18.4 Å². The number of rotatable bonds is 8. The zero-order chi connectivity index (χ0) is 24.0. The molecule has 7 nitrogen and oxygen atoms in total. The lowest BCUT2D eigenvalue weighted by molar-refractivity contribution is -0.117. The molecule has 0 aromatic heterocycles. The third kappa shape index (κ3) is 6.48. The highest BCUT2D eigenvalue weighted by Crippen LogP contribution is 2.27. The van der Waals surface area contributed by atoms with Gasteiger partial charge in [0, 0.05) is 11.1 Å². The fourth-order valence-corrected chi connectivity index (χ4v) is 5.58. The van der Waals surface area contributed by atoms with E-state index in [1.165, 1.54) is 12.5 Å². The maximum atomic E-state index is 13.3. The average molecular weight is 492 g/mol. The van der Waals surface area contributed by atoms with E-state index in [2.05, 4.69) is 10.6 Å². The van der Waals surface area contributed by atoms with E-state index >= 15 is 0 Å². The lowest BCUT2D eigenvalue weighted by atomic mass is 9.95.